The average molecular weight is 356 g/mol. The van der Waals surface area contributed by atoms with E-state index in [1.165, 1.54) is 24.0 Å². The lowest BCUT2D eigenvalue weighted by molar-refractivity contribution is -0.118. The van der Waals surface area contributed by atoms with Gasteiger partial charge in [-0.15, -0.1) is 0 Å². The fraction of sp³-hybridized carbons (Fsp3) is 0.167. The Kier molecular flexibility index (Phi) is 5.45. The monoisotopic (exact) mass is 356 g/mol. The topological polar surface area (TPSA) is 59.3 Å². The lowest BCUT2D eigenvalue weighted by atomic mass is 10.2. The van der Waals surface area contributed by atoms with E-state index in [1.54, 1.807) is 18.2 Å². The number of hydrogen-bond acceptors (Lipinski definition) is 4. The van der Waals surface area contributed by atoms with E-state index in [1.807, 2.05) is 31.2 Å². The summed E-state index contributed by atoms with van der Waals surface area (Å²) in [4.78, 5) is 16.5. The Morgan fingerprint density at radius 3 is 2.84 bits per heavy atom. The third-order valence-corrected chi connectivity index (χ3v) is 4.54. The van der Waals surface area contributed by atoms with Gasteiger partial charge in [0.1, 0.15) is 5.82 Å². The van der Waals surface area contributed by atoms with Crippen LogP contribution in [-0.4, -0.2) is 27.4 Å². The molecule has 1 heterocycles. The van der Waals surface area contributed by atoms with Gasteiger partial charge >= 0.3 is 0 Å². The number of amides is 1. The first-order valence-electron chi connectivity index (χ1n) is 7.83. The number of benzene rings is 2. The van der Waals surface area contributed by atoms with Gasteiger partial charge in [-0.1, -0.05) is 42.1 Å². The lowest BCUT2D eigenvalue weighted by Crippen LogP contribution is -2.20. The highest BCUT2D eigenvalue weighted by Crippen LogP contribution is 2.23. The zero-order valence-corrected chi connectivity index (χ0v) is 14.5. The number of aryl methyl sites for hydroxylation is 1. The molecule has 1 aromatic heterocycles. The van der Waals surface area contributed by atoms with Crippen LogP contribution in [0.5, 0.6) is 0 Å². The summed E-state index contributed by atoms with van der Waals surface area (Å²) < 4.78 is 15.5. The third-order valence-electron chi connectivity index (χ3n) is 3.57. The molecule has 0 radical (unpaired) electrons. The number of nitrogens with zero attached hydrogens (tertiary/aromatic N) is 3. The number of halogens is 1. The van der Waals surface area contributed by atoms with Gasteiger partial charge in [-0.3, -0.25) is 4.79 Å². The lowest BCUT2D eigenvalue weighted by Gasteiger charge is -2.04. The highest BCUT2D eigenvalue weighted by molar-refractivity contribution is 7.99. The molecule has 0 fully saturated rings. The quantitative estimate of drug-likeness (QED) is 0.418. The summed E-state index contributed by atoms with van der Waals surface area (Å²) in [5.41, 5.74) is 4.68. The molecule has 2 aromatic carbocycles. The number of nitrogens with one attached hydrogen (secondary N) is 1. The van der Waals surface area contributed by atoms with Gasteiger partial charge < -0.3 is 4.57 Å². The number of carbonyl (C=O) groups is 1. The van der Waals surface area contributed by atoms with Crippen LogP contribution in [0.4, 0.5) is 4.39 Å². The normalized spacial score (nSPS) is 11.3. The number of hydrazone groups is 1. The minimum atomic E-state index is -0.383. The Hall–Kier alpha value is -2.67. The molecule has 0 aliphatic rings. The van der Waals surface area contributed by atoms with Crippen LogP contribution in [0.1, 0.15) is 12.5 Å². The number of thioether (sulfide) groups is 1. The second kappa shape index (κ2) is 7.94. The minimum Gasteiger partial charge on any atom is -0.319 e. The van der Waals surface area contributed by atoms with Crippen LogP contribution >= 0.6 is 11.8 Å². The second-order valence-corrected chi connectivity index (χ2v) is 6.17. The number of carbonyl (C=O) groups excluding carboxylic acids is 1. The molecule has 0 bridgehead atoms. The molecule has 25 heavy (non-hydrogen) atoms. The van der Waals surface area contributed by atoms with Crippen LogP contribution < -0.4 is 5.43 Å². The number of aromatic nitrogens is 2. The summed E-state index contributed by atoms with van der Waals surface area (Å²) in [6.45, 7) is 2.81. The Morgan fingerprint density at radius 2 is 2.04 bits per heavy atom. The van der Waals surface area contributed by atoms with E-state index in [9.17, 15) is 9.18 Å². The average Bonchev–Trinajstić information content (AvgIpc) is 2.99. The first-order valence-corrected chi connectivity index (χ1v) is 8.82. The predicted molar refractivity (Wildman–Crippen MR) is 98.3 cm³/mol. The van der Waals surface area contributed by atoms with Gasteiger partial charge in [0.15, 0.2) is 5.16 Å². The third kappa shape index (κ3) is 4.06. The van der Waals surface area contributed by atoms with E-state index in [4.69, 9.17) is 0 Å². The largest absolute Gasteiger partial charge is 0.319 e. The van der Waals surface area contributed by atoms with E-state index in [-0.39, 0.29) is 17.5 Å². The number of hydrogen-bond donors (Lipinski definition) is 1. The molecule has 128 valence electrons. The second-order valence-electron chi connectivity index (χ2n) is 5.23. The zero-order valence-electron chi connectivity index (χ0n) is 13.6. The van der Waals surface area contributed by atoms with Crippen molar-refractivity contribution in [1.29, 1.82) is 0 Å². The van der Waals surface area contributed by atoms with Gasteiger partial charge in [-0.05, 0) is 25.1 Å². The number of para-hydroxylation sites is 2. The van der Waals surface area contributed by atoms with Crippen molar-refractivity contribution in [2.45, 2.75) is 18.6 Å². The maximum absolute atomic E-state index is 13.4. The van der Waals surface area contributed by atoms with E-state index in [0.717, 1.165) is 22.7 Å². The van der Waals surface area contributed by atoms with Gasteiger partial charge in [0.25, 0.3) is 5.91 Å². The van der Waals surface area contributed by atoms with Crippen LogP contribution in [0.3, 0.4) is 0 Å². The minimum absolute atomic E-state index is 0.179. The number of rotatable bonds is 6. The van der Waals surface area contributed by atoms with Gasteiger partial charge in [0, 0.05) is 12.1 Å². The van der Waals surface area contributed by atoms with Crippen molar-refractivity contribution in [2.75, 3.05) is 5.75 Å². The SMILES string of the molecule is CCn1c(SCC(=O)N/N=C\c2ccccc2F)nc2ccccc21. The predicted octanol–water partition coefficient (Wildman–Crippen LogP) is 3.44. The molecular formula is C18H17FN4OS. The molecule has 1 amide bonds. The van der Waals surface area contributed by atoms with Crippen LogP contribution in [0.2, 0.25) is 0 Å². The van der Waals surface area contributed by atoms with E-state index < -0.39 is 0 Å². The zero-order chi connectivity index (χ0) is 17.6. The van der Waals surface area contributed by atoms with Gasteiger partial charge in [0.2, 0.25) is 0 Å². The Morgan fingerprint density at radius 1 is 1.28 bits per heavy atom. The molecule has 3 aromatic rings. The molecule has 0 aliphatic heterocycles. The molecule has 0 unspecified atom stereocenters. The van der Waals surface area contributed by atoms with Crippen LogP contribution in [-0.2, 0) is 11.3 Å². The first-order chi connectivity index (χ1) is 12.2. The standard InChI is InChI=1S/C18H17FN4OS/c1-2-23-16-10-6-5-9-15(16)21-18(23)25-12-17(24)22-20-11-13-7-3-4-8-14(13)19/h3-11H,2,12H2,1H3,(H,22,24)/b20-11-. The molecule has 1 N–H and O–H groups in total. The van der Waals surface area contributed by atoms with E-state index in [0.29, 0.717) is 5.56 Å². The van der Waals surface area contributed by atoms with Crippen molar-refractivity contribution < 1.29 is 9.18 Å². The van der Waals surface area contributed by atoms with Crippen molar-refractivity contribution in [3.05, 3.63) is 59.9 Å². The van der Waals surface area contributed by atoms with Crippen molar-refractivity contribution in [2.24, 2.45) is 5.10 Å². The maximum Gasteiger partial charge on any atom is 0.250 e. The molecule has 0 aliphatic carbocycles. The van der Waals surface area contributed by atoms with E-state index in [2.05, 4.69) is 20.1 Å². The molecule has 0 saturated carbocycles. The summed E-state index contributed by atoms with van der Waals surface area (Å²) >= 11 is 1.35. The highest BCUT2D eigenvalue weighted by atomic mass is 32.2. The maximum atomic E-state index is 13.4. The summed E-state index contributed by atoms with van der Waals surface area (Å²) in [5.74, 6) is -0.475. The molecule has 3 rings (SSSR count). The molecule has 7 heteroatoms. The van der Waals surface area contributed by atoms with Gasteiger partial charge in [-0.2, -0.15) is 5.10 Å². The Bertz CT molecular complexity index is 922. The van der Waals surface area contributed by atoms with Crippen molar-refractivity contribution in [1.82, 2.24) is 15.0 Å². The first kappa shape index (κ1) is 17.2. The molecule has 0 atom stereocenters. The molecule has 0 saturated heterocycles. The summed E-state index contributed by atoms with van der Waals surface area (Å²) in [7, 11) is 0. The Balaban J connectivity index is 1.60. The van der Waals surface area contributed by atoms with Crippen LogP contribution in [0.25, 0.3) is 11.0 Å². The van der Waals surface area contributed by atoms with Gasteiger partial charge in [0.05, 0.1) is 23.0 Å². The highest BCUT2D eigenvalue weighted by Gasteiger charge is 2.11. The van der Waals surface area contributed by atoms with Crippen molar-refractivity contribution in [3.63, 3.8) is 0 Å². The number of imidazole rings is 1. The summed E-state index contributed by atoms with van der Waals surface area (Å²) in [6, 6.07) is 14.1. The molecule has 5 nitrogen and oxygen atoms in total. The Labute approximate surface area is 148 Å². The number of fused-ring (bicyclic) bond motifs is 1. The summed E-state index contributed by atoms with van der Waals surface area (Å²) in [5, 5.41) is 4.58. The fourth-order valence-corrected chi connectivity index (χ4v) is 3.26. The molecule has 0 spiro atoms. The van der Waals surface area contributed by atoms with Crippen molar-refractivity contribution in [3.8, 4) is 0 Å². The van der Waals surface area contributed by atoms with E-state index >= 15 is 0 Å². The van der Waals surface area contributed by atoms with Crippen LogP contribution in [0.15, 0.2) is 58.8 Å². The van der Waals surface area contributed by atoms with Gasteiger partial charge in [-0.25, -0.2) is 14.8 Å². The van der Waals surface area contributed by atoms with Crippen molar-refractivity contribution >= 4 is 34.9 Å². The summed E-state index contributed by atoms with van der Waals surface area (Å²) in [6.07, 6.45) is 1.29. The van der Waals surface area contributed by atoms with Crippen LogP contribution in [0, 0.1) is 5.82 Å². The smallest absolute Gasteiger partial charge is 0.250 e. The fourth-order valence-electron chi connectivity index (χ4n) is 2.39. The molecular weight excluding hydrogens is 339 g/mol.